The maximum absolute atomic E-state index is 12.3. The zero-order chi connectivity index (χ0) is 13.2. The van der Waals surface area contributed by atoms with Crippen LogP contribution in [0, 0.1) is 0 Å². The number of hydrogen-bond acceptors (Lipinski definition) is 5. The van der Waals surface area contributed by atoms with E-state index in [4.69, 9.17) is 10.5 Å². The first kappa shape index (κ1) is 14.0. The minimum atomic E-state index is -3.40. The van der Waals surface area contributed by atoms with E-state index in [1.54, 1.807) is 18.5 Å². The molecule has 0 radical (unpaired) electrons. The molecule has 1 aliphatic heterocycles. The monoisotopic (exact) mass is 290 g/mol. The highest BCUT2D eigenvalue weighted by Gasteiger charge is 2.27. The Kier molecular flexibility index (Phi) is 4.39. The Hall–Kier alpha value is -0.470. The van der Waals surface area contributed by atoms with Gasteiger partial charge in [0.2, 0.25) is 0 Å². The maximum atomic E-state index is 12.3. The maximum Gasteiger partial charge on any atom is 0.252 e. The molecule has 0 amide bonds. The molecule has 0 spiro atoms. The topological polar surface area (TPSA) is 72.6 Å². The molecule has 18 heavy (non-hydrogen) atoms. The third-order valence-electron chi connectivity index (χ3n) is 3.01. The number of likely N-dealkylation sites (N-methyl/N-ethyl adjacent to an activating group) is 1. The molecule has 1 atom stereocenters. The smallest absolute Gasteiger partial charge is 0.252 e. The molecule has 1 aromatic rings. The fourth-order valence-electron chi connectivity index (χ4n) is 1.92. The molecule has 1 fully saturated rings. The van der Waals surface area contributed by atoms with Crippen molar-refractivity contribution < 1.29 is 13.2 Å². The van der Waals surface area contributed by atoms with Gasteiger partial charge in [0, 0.05) is 26.7 Å². The van der Waals surface area contributed by atoms with E-state index < -0.39 is 10.0 Å². The van der Waals surface area contributed by atoms with Gasteiger partial charge in [-0.15, -0.1) is 11.3 Å². The summed E-state index contributed by atoms with van der Waals surface area (Å²) in [6.07, 6.45) is 1.96. The van der Waals surface area contributed by atoms with Crippen LogP contribution in [0.25, 0.3) is 0 Å². The molecule has 7 heteroatoms. The zero-order valence-corrected chi connectivity index (χ0v) is 12.0. The van der Waals surface area contributed by atoms with Gasteiger partial charge in [-0.3, -0.25) is 0 Å². The van der Waals surface area contributed by atoms with E-state index in [0.29, 0.717) is 17.3 Å². The predicted octanol–water partition coefficient (Wildman–Crippen LogP) is 1.01. The lowest BCUT2D eigenvalue weighted by Gasteiger charge is -2.19. The van der Waals surface area contributed by atoms with Gasteiger partial charge in [0.25, 0.3) is 10.0 Å². The van der Waals surface area contributed by atoms with Gasteiger partial charge in [0.1, 0.15) is 4.21 Å². The molecule has 2 N–H and O–H groups in total. The molecule has 2 heterocycles. The lowest BCUT2D eigenvalue weighted by Crippen LogP contribution is -2.33. The van der Waals surface area contributed by atoms with Crippen LogP contribution < -0.4 is 5.73 Å². The van der Waals surface area contributed by atoms with Gasteiger partial charge in [-0.1, -0.05) is 0 Å². The largest absolute Gasteiger partial charge is 0.377 e. The second kappa shape index (κ2) is 5.66. The average molecular weight is 290 g/mol. The van der Waals surface area contributed by atoms with Crippen molar-refractivity contribution in [3.05, 3.63) is 17.0 Å². The van der Waals surface area contributed by atoms with Crippen LogP contribution in [-0.4, -0.2) is 39.0 Å². The average Bonchev–Trinajstić information content (AvgIpc) is 2.99. The van der Waals surface area contributed by atoms with E-state index in [-0.39, 0.29) is 6.10 Å². The fourth-order valence-corrected chi connectivity index (χ4v) is 4.56. The van der Waals surface area contributed by atoms with E-state index in [0.717, 1.165) is 25.0 Å². The molecule has 0 bridgehead atoms. The van der Waals surface area contributed by atoms with Gasteiger partial charge >= 0.3 is 0 Å². The number of rotatable bonds is 5. The van der Waals surface area contributed by atoms with Crippen LogP contribution in [0.2, 0.25) is 0 Å². The van der Waals surface area contributed by atoms with E-state index >= 15 is 0 Å². The third kappa shape index (κ3) is 2.92. The Morgan fingerprint density at radius 1 is 1.61 bits per heavy atom. The van der Waals surface area contributed by atoms with Gasteiger partial charge in [-0.25, -0.2) is 8.42 Å². The summed E-state index contributed by atoms with van der Waals surface area (Å²) in [5, 5.41) is 1.78. The van der Waals surface area contributed by atoms with Gasteiger partial charge in [-0.2, -0.15) is 4.31 Å². The van der Waals surface area contributed by atoms with Crippen molar-refractivity contribution >= 4 is 21.4 Å². The molecule has 1 saturated heterocycles. The second-order valence-corrected chi connectivity index (χ2v) is 7.58. The Bertz CT molecular complexity index is 492. The van der Waals surface area contributed by atoms with Crippen molar-refractivity contribution in [2.45, 2.75) is 29.7 Å². The first-order valence-corrected chi connectivity index (χ1v) is 8.21. The molecule has 102 valence electrons. The highest BCUT2D eigenvalue weighted by Crippen LogP contribution is 2.24. The molecule has 1 aromatic heterocycles. The molecular formula is C11H18N2O3S2. The Balaban J connectivity index is 2.09. The summed E-state index contributed by atoms with van der Waals surface area (Å²) in [7, 11) is -1.80. The lowest BCUT2D eigenvalue weighted by atomic mass is 10.2. The van der Waals surface area contributed by atoms with Crippen LogP contribution in [0.3, 0.4) is 0 Å². The highest BCUT2D eigenvalue weighted by molar-refractivity contribution is 7.91. The first-order chi connectivity index (χ1) is 8.54. The van der Waals surface area contributed by atoms with Gasteiger partial charge in [0.15, 0.2) is 0 Å². The summed E-state index contributed by atoms with van der Waals surface area (Å²) in [5.41, 5.74) is 6.34. The van der Waals surface area contributed by atoms with Crippen LogP contribution in [-0.2, 0) is 21.3 Å². The normalized spacial score (nSPS) is 20.7. The standard InChI is InChI=1S/C11H18N2O3S2/c1-13(7-10-3-2-4-16-10)18(14,15)11-5-9(6-12)8-17-11/h5,8,10H,2-4,6-7,12H2,1H3. The number of nitrogens with zero attached hydrogens (tertiary/aromatic N) is 1. The number of sulfonamides is 1. The molecule has 1 aliphatic rings. The summed E-state index contributed by atoms with van der Waals surface area (Å²) < 4.78 is 31.8. The summed E-state index contributed by atoms with van der Waals surface area (Å²) in [6.45, 7) is 1.51. The molecule has 1 unspecified atom stereocenters. The van der Waals surface area contributed by atoms with Crippen LogP contribution in [0.4, 0.5) is 0 Å². The summed E-state index contributed by atoms with van der Waals surface area (Å²) >= 11 is 1.22. The van der Waals surface area contributed by atoms with Gasteiger partial charge in [0.05, 0.1) is 6.10 Å². The molecular weight excluding hydrogens is 272 g/mol. The second-order valence-electron chi connectivity index (χ2n) is 4.40. The lowest BCUT2D eigenvalue weighted by molar-refractivity contribution is 0.0979. The van der Waals surface area contributed by atoms with Crippen molar-refractivity contribution in [2.24, 2.45) is 5.73 Å². The number of hydrogen-bond donors (Lipinski definition) is 1. The van der Waals surface area contributed by atoms with Crippen LogP contribution >= 0.6 is 11.3 Å². The Labute approximate surface area is 112 Å². The van der Waals surface area contributed by atoms with Crippen LogP contribution in [0.15, 0.2) is 15.7 Å². The number of thiophene rings is 1. The van der Waals surface area contributed by atoms with Crippen molar-refractivity contribution in [1.82, 2.24) is 4.31 Å². The van der Waals surface area contributed by atoms with Crippen molar-refractivity contribution in [3.8, 4) is 0 Å². The van der Waals surface area contributed by atoms with Crippen molar-refractivity contribution in [1.29, 1.82) is 0 Å². The predicted molar refractivity (Wildman–Crippen MR) is 71.0 cm³/mol. The minimum absolute atomic E-state index is 0.0266. The first-order valence-electron chi connectivity index (χ1n) is 5.89. The van der Waals surface area contributed by atoms with E-state index in [1.165, 1.54) is 15.6 Å². The molecule has 2 rings (SSSR count). The van der Waals surface area contributed by atoms with Crippen LogP contribution in [0.5, 0.6) is 0 Å². The van der Waals surface area contributed by atoms with Crippen LogP contribution in [0.1, 0.15) is 18.4 Å². The molecule has 5 nitrogen and oxygen atoms in total. The summed E-state index contributed by atoms with van der Waals surface area (Å²) in [5.74, 6) is 0. The highest BCUT2D eigenvalue weighted by atomic mass is 32.2. The summed E-state index contributed by atoms with van der Waals surface area (Å²) in [4.78, 5) is 0. The zero-order valence-electron chi connectivity index (χ0n) is 10.3. The Morgan fingerprint density at radius 3 is 2.94 bits per heavy atom. The third-order valence-corrected chi connectivity index (χ3v) is 6.30. The molecule has 0 aliphatic carbocycles. The Morgan fingerprint density at radius 2 is 2.39 bits per heavy atom. The quantitative estimate of drug-likeness (QED) is 0.878. The van der Waals surface area contributed by atoms with Gasteiger partial charge in [-0.05, 0) is 29.9 Å². The fraction of sp³-hybridized carbons (Fsp3) is 0.636. The number of nitrogens with two attached hydrogens (primary N) is 1. The van der Waals surface area contributed by atoms with Crippen molar-refractivity contribution in [3.63, 3.8) is 0 Å². The van der Waals surface area contributed by atoms with E-state index in [9.17, 15) is 8.42 Å². The van der Waals surface area contributed by atoms with Crippen molar-refractivity contribution in [2.75, 3.05) is 20.2 Å². The summed E-state index contributed by atoms with van der Waals surface area (Å²) in [6, 6.07) is 1.64. The number of ether oxygens (including phenoxy) is 1. The SMILES string of the molecule is CN(CC1CCCO1)S(=O)(=O)c1cc(CN)cs1. The minimum Gasteiger partial charge on any atom is -0.377 e. The van der Waals surface area contributed by atoms with E-state index in [1.807, 2.05) is 0 Å². The van der Waals surface area contributed by atoms with E-state index in [2.05, 4.69) is 0 Å². The molecule has 0 aromatic carbocycles. The van der Waals surface area contributed by atoms with Gasteiger partial charge < -0.3 is 10.5 Å². The molecule has 0 saturated carbocycles.